The first kappa shape index (κ1) is 36.8. The number of rotatable bonds is 14. The Hall–Kier alpha value is -3.41. The standard InChI is InChI=1S/C39H54N2O3/c1-10-26(4)19-29(7)36(27(5)11-2)22-37(40-9)38-23-39(44)30(8)20-35(41-38)18-17-32(12-3)33-14-13-28(6)34(16-15-33)21-31(24-42)25-43/h10,12,17-19,22-23,29,31,33-34,42-43H,1,5-6,8,11,13-16,20-21,24-25H2,2-4,7,9H3/b18-17-,26-19-,32-12+,36-22-,40-37?. The molecule has 0 bridgehead atoms. The van der Waals surface area contributed by atoms with Gasteiger partial charge in [-0.3, -0.25) is 14.8 Å². The fraction of sp³-hybridized carbons (Fsp3) is 0.462. The van der Waals surface area contributed by atoms with Gasteiger partial charge in [0.1, 0.15) is 0 Å². The van der Waals surface area contributed by atoms with Crippen LogP contribution in [0.3, 0.4) is 0 Å². The van der Waals surface area contributed by atoms with Crippen molar-refractivity contribution in [1.82, 2.24) is 0 Å². The molecule has 0 aromatic carbocycles. The number of allylic oxidation sites excluding steroid dienone is 13. The molecule has 3 atom stereocenters. The van der Waals surface area contributed by atoms with Crippen molar-refractivity contribution in [1.29, 1.82) is 0 Å². The Morgan fingerprint density at radius 3 is 2.50 bits per heavy atom. The topological polar surface area (TPSA) is 82.2 Å². The van der Waals surface area contributed by atoms with Crippen molar-refractivity contribution >= 4 is 17.2 Å². The average molecular weight is 599 g/mol. The van der Waals surface area contributed by atoms with Gasteiger partial charge in [0, 0.05) is 44.4 Å². The molecule has 3 unspecified atom stereocenters. The molecular formula is C39H54N2O3. The third-order valence-corrected chi connectivity index (χ3v) is 8.89. The molecule has 0 amide bonds. The van der Waals surface area contributed by atoms with Gasteiger partial charge in [0.05, 0.1) is 11.4 Å². The summed E-state index contributed by atoms with van der Waals surface area (Å²) in [6.07, 6.45) is 19.7. The number of hydrogen-bond acceptors (Lipinski definition) is 5. The molecule has 5 heteroatoms. The predicted molar refractivity (Wildman–Crippen MR) is 188 cm³/mol. The molecule has 0 aromatic heterocycles. The molecule has 0 aromatic rings. The number of aliphatic hydroxyl groups is 2. The van der Waals surface area contributed by atoms with Crippen molar-refractivity contribution in [3.8, 4) is 0 Å². The monoisotopic (exact) mass is 598 g/mol. The van der Waals surface area contributed by atoms with E-state index in [1.807, 2.05) is 25.2 Å². The highest BCUT2D eigenvalue weighted by Gasteiger charge is 2.25. The Morgan fingerprint density at radius 2 is 1.91 bits per heavy atom. The molecule has 1 aliphatic heterocycles. The van der Waals surface area contributed by atoms with Gasteiger partial charge in [0.25, 0.3) is 0 Å². The lowest BCUT2D eigenvalue weighted by Crippen LogP contribution is -2.17. The fourth-order valence-electron chi connectivity index (χ4n) is 5.90. The second-order valence-electron chi connectivity index (χ2n) is 12.1. The first-order valence-electron chi connectivity index (χ1n) is 15.9. The number of aliphatic hydroxyl groups excluding tert-OH is 2. The zero-order chi connectivity index (χ0) is 32.8. The van der Waals surface area contributed by atoms with Gasteiger partial charge in [-0.1, -0.05) is 81.2 Å². The van der Waals surface area contributed by atoms with Crippen LogP contribution in [0.15, 0.2) is 118 Å². The lowest BCUT2D eigenvalue weighted by molar-refractivity contribution is -0.111. The summed E-state index contributed by atoms with van der Waals surface area (Å²) in [5, 5.41) is 19.2. The minimum atomic E-state index is -0.142. The predicted octanol–water partition coefficient (Wildman–Crippen LogP) is 8.43. The number of carbonyl (C=O) groups excluding carboxylic acids is 1. The quantitative estimate of drug-likeness (QED) is 0.0692. The van der Waals surface area contributed by atoms with Crippen molar-refractivity contribution < 1.29 is 15.0 Å². The Bertz CT molecular complexity index is 1310. The maximum Gasteiger partial charge on any atom is 0.183 e. The van der Waals surface area contributed by atoms with E-state index in [9.17, 15) is 15.0 Å². The molecule has 2 N–H and O–H groups in total. The van der Waals surface area contributed by atoms with Gasteiger partial charge in [-0.05, 0) is 99.0 Å². The molecule has 1 heterocycles. The lowest BCUT2D eigenvalue weighted by Gasteiger charge is -2.21. The summed E-state index contributed by atoms with van der Waals surface area (Å²) in [6.45, 7) is 24.9. The fourth-order valence-corrected chi connectivity index (χ4v) is 5.90. The zero-order valence-electron chi connectivity index (χ0n) is 27.7. The minimum absolute atomic E-state index is 0.00112. The molecule has 2 rings (SSSR count). The number of carbonyl (C=O) groups is 1. The second kappa shape index (κ2) is 18.4. The molecule has 1 saturated carbocycles. The minimum Gasteiger partial charge on any atom is -0.396 e. The Labute approximate surface area is 266 Å². The van der Waals surface area contributed by atoms with Crippen LogP contribution < -0.4 is 0 Å². The van der Waals surface area contributed by atoms with Crippen LogP contribution >= 0.6 is 0 Å². The zero-order valence-corrected chi connectivity index (χ0v) is 27.7. The van der Waals surface area contributed by atoms with Gasteiger partial charge in [-0.25, -0.2) is 0 Å². The van der Waals surface area contributed by atoms with Crippen LogP contribution in [0.2, 0.25) is 0 Å². The van der Waals surface area contributed by atoms with E-state index < -0.39 is 0 Å². The molecular weight excluding hydrogens is 544 g/mol. The molecule has 0 spiro atoms. The van der Waals surface area contributed by atoms with Crippen molar-refractivity contribution in [2.24, 2.45) is 33.7 Å². The number of aliphatic imine (C=N–C) groups is 2. The van der Waals surface area contributed by atoms with Crippen LogP contribution in [0, 0.1) is 23.7 Å². The first-order chi connectivity index (χ1) is 21.0. The van der Waals surface area contributed by atoms with Crippen LogP contribution in [0.1, 0.15) is 72.6 Å². The molecule has 44 heavy (non-hydrogen) atoms. The highest BCUT2D eigenvalue weighted by molar-refractivity contribution is 6.19. The van der Waals surface area contributed by atoms with Gasteiger partial charge in [0.15, 0.2) is 5.78 Å². The average Bonchev–Trinajstić information content (AvgIpc) is 3.28. The molecule has 0 saturated heterocycles. The Balaban J connectivity index is 2.39. The van der Waals surface area contributed by atoms with Crippen LogP contribution in [0.4, 0.5) is 0 Å². The van der Waals surface area contributed by atoms with Crippen LogP contribution in [-0.4, -0.2) is 47.7 Å². The summed E-state index contributed by atoms with van der Waals surface area (Å²) in [7, 11) is 1.72. The molecule has 1 fully saturated rings. The van der Waals surface area contributed by atoms with E-state index >= 15 is 0 Å². The van der Waals surface area contributed by atoms with E-state index in [2.05, 4.69) is 70.3 Å². The largest absolute Gasteiger partial charge is 0.396 e. The Morgan fingerprint density at radius 1 is 1.20 bits per heavy atom. The summed E-state index contributed by atoms with van der Waals surface area (Å²) in [5.74, 6) is 0.531. The van der Waals surface area contributed by atoms with Gasteiger partial charge in [-0.15, -0.1) is 0 Å². The van der Waals surface area contributed by atoms with E-state index in [1.54, 1.807) is 13.1 Å². The van der Waals surface area contributed by atoms with Gasteiger partial charge in [-0.2, -0.15) is 0 Å². The van der Waals surface area contributed by atoms with Crippen LogP contribution in [0.5, 0.6) is 0 Å². The first-order valence-corrected chi connectivity index (χ1v) is 15.9. The smallest absolute Gasteiger partial charge is 0.183 e. The van der Waals surface area contributed by atoms with Crippen molar-refractivity contribution in [3.63, 3.8) is 0 Å². The van der Waals surface area contributed by atoms with Crippen LogP contribution in [-0.2, 0) is 4.79 Å². The van der Waals surface area contributed by atoms with E-state index in [0.29, 0.717) is 35.2 Å². The SMILES string of the molecule is C=C/C(C)=C\C(C)/C(=C\C(=NC)C1=CC(=O)C(=C)CC(/C=C\C(=C/C)C2CCC(=C)C(CC(CO)CO)CC2)=N1)C(=C)CC. The van der Waals surface area contributed by atoms with E-state index in [0.717, 1.165) is 61.0 Å². The van der Waals surface area contributed by atoms with E-state index in [4.69, 9.17) is 4.99 Å². The highest BCUT2D eigenvalue weighted by atomic mass is 16.3. The number of hydrogen-bond donors (Lipinski definition) is 2. The van der Waals surface area contributed by atoms with Crippen molar-refractivity contribution in [3.05, 3.63) is 108 Å². The molecule has 0 radical (unpaired) electrons. The third-order valence-electron chi connectivity index (χ3n) is 8.89. The molecule has 2 aliphatic rings. The van der Waals surface area contributed by atoms with Crippen molar-refractivity contribution in [2.45, 2.75) is 72.6 Å². The third kappa shape index (κ3) is 10.6. The van der Waals surface area contributed by atoms with E-state index in [1.165, 1.54) is 11.1 Å². The maximum absolute atomic E-state index is 13.0. The second-order valence-corrected chi connectivity index (χ2v) is 12.1. The van der Waals surface area contributed by atoms with Crippen molar-refractivity contribution in [2.75, 3.05) is 20.3 Å². The summed E-state index contributed by atoms with van der Waals surface area (Å²) >= 11 is 0. The highest BCUT2D eigenvalue weighted by Crippen LogP contribution is 2.37. The lowest BCUT2D eigenvalue weighted by atomic mass is 9.86. The van der Waals surface area contributed by atoms with E-state index in [-0.39, 0.29) is 30.8 Å². The summed E-state index contributed by atoms with van der Waals surface area (Å²) in [6, 6.07) is 0. The maximum atomic E-state index is 13.0. The van der Waals surface area contributed by atoms with Gasteiger partial charge >= 0.3 is 0 Å². The normalized spacial score (nSPS) is 22.1. The molecule has 1 aliphatic carbocycles. The van der Waals surface area contributed by atoms with Gasteiger partial charge < -0.3 is 10.2 Å². The van der Waals surface area contributed by atoms with Crippen LogP contribution in [0.25, 0.3) is 0 Å². The number of nitrogens with zero attached hydrogens (tertiary/aromatic N) is 2. The van der Waals surface area contributed by atoms with Gasteiger partial charge in [0.2, 0.25) is 0 Å². The summed E-state index contributed by atoms with van der Waals surface area (Å²) in [5.41, 5.74) is 8.00. The summed E-state index contributed by atoms with van der Waals surface area (Å²) < 4.78 is 0. The Kier molecular flexibility index (Phi) is 15.4. The number of ketones is 1. The molecule has 5 nitrogen and oxygen atoms in total. The molecule has 238 valence electrons. The summed E-state index contributed by atoms with van der Waals surface area (Å²) in [4.78, 5) is 22.5.